The topological polar surface area (TPSA) is 53.5 Å². The Bertz CT molecular complexity index is 875. The number of likely N-dealkylation sites (tertiary alicyclic amines) is 1. The molecule has 2 aromatic rings. The van der Waals surface area contributed by atoms with E-state index in [-0.39, 0.29) is 17.7 Å². The molecule has 1 aliphatic carbocycles. The molecule has 2 aliphatic rings. The first-order valence-corrected chi connectivity index (χ1v) is 10.5. The summed E-state index contributed by atoms with van der Waals surface area (Å²) >= 11 is 0. The number of aromatic nitrogens is 1. The zero-order valence-electron chi connectivity index (χ0n) is 17.3. The summed E-state index contributed by atoms with van der Waals surface area (Å²) in [7, 11) is 3.64. The normalized spacial score (nSPS) is 21.7. The molecule has 1 saturated heterocycles. The Balaban J connectivity index is 1.57. The Morgan fingerprint density at radius 2 is 1.72 bits per heavy atom. The van der Waals surface area contributed by atoms with E-state index in [9.17, 15) is 9.59 Å². The average Bonchev–Trinajstić information content (AvgIpc) is 3.59. The third-order valence-corrected chi connectivity index (χ3v) is 6.19. The summed E-state index contributed by atoms with van der Waals surface area (Å²) in [6, 6.07) is 12.4. The number of carbonyl (C=O) groups is 2. The maximum atomic E-state index is 13.2. The van der Waals surface area contributed by atoms with Crippen molar-refractivity contribution >= 4 is 11.8 Å². The zero-order valence-corrected chi connectivity index (χ0v) is 17.3. The number of amides is 2. The summed E-state index contributed by atoms with van der Waals surface area (Å²) in [6.07, 6.45) is 7.95. The fraction of sp³-hybridized carbons (Fsp3) is 0.458. The first-order valence-electron chi connectivity index (χ1n) is 10.5. The van der Waals surface area contributed by atoms with Crippen LogP contribution in [0.15, 0.2) is 48.8 Å². The van der Waals surface area contributed by atoms with Crippen LogP contribution in [0.2, 0.25) is 0 Å². The zero-order chi connectivity index (χ0) is 20.4. The van der Waals surface area contributed by atoms with Gasteiger partial charge in [-0.1, -0.05) is 24.3 Å². The van der Waals surface area contributed by atoms with E-state index in [4.69, 9.17) is 0 Å². The maximum absolute atomic E-state index is 13.2. The SMILES string of the molecule is CN(C)C(=O)C1(Cc2ccc(-c3ccncc3)cc2)CCCN(C(=O)C2CC2)C1. The first-order chi connectivity index (χ1) is 14.0. The number of benzene rings is 1. The summed E-state index contributed by atoms with van der Waals surface area (Å²) in [6.45, 7) is 1.31. The molecular weight excluding hydrogens is 362 g/mol. The van der Waals surface area contributed by atoms with Gasteiger partial charge in [-0.15, -0.1) is 0 Å². The molecule has 29 heavy (non-hydrogen) atoms. The van der Waals surface area contributed by atoms with Gasteiger partial charge in [0.05, 0.1) is 5.41 Å². The van der Waals surface area contributed by atoms with Gasteiger partial charge in [0.25, 0.3) is 0 Å². The lowest BCUT2D eigenvalue weighted by Gasteiger charge is -2.43. The molecule has 1 aromatic heterocycles. The van der Waals surface area contributed by atoms with Crippen molar-refractivity contribution < 1.29 is 9.59 Å². The van der Waals surface area contributed by atoms with Crippen molar-refractivity contribution in [2.75, 3.05) is 27.2 Å². The van der Waals surface area contributed by atoms with E-state index in [0.717, 1.165) is 48.9 Å². The van der Waals surface area contributed by atoms with Gasteiger partial charge in [-0.2, -0.15) is 0 Å². The van der Waals surface area contributed by atoms with Crippen LogP contribution < -0.4 is 0 Å². The van der Waals surface area contributed by atoms with E-state index < -0.39 is 5.41 Å². The minimum absolute atomic E-state index is 0.129. The average molecular weight is 392 g/mol. The lowest BCUT2D eigenvalue weighted by molar-refractivity contribution is -0.147. The fourth-order valence-corrected chi connectivity index (χ4v) is 4.53. The van der Waals surface area contributed by atoms with Crippen LogP contribution in [0.1, 0.15) is 31.2 Å². The standard InChI is InChI=1S/C24H29N3O2/c1-26(2)23(29)24(12-3-15-27(17-24)22(28)21-8-9-21)16-18-4-6-19(7-5-18)20-10-13-25-14-11-20/h4-7,10-11,13-14,21H,3,8-9,12,15-17H2,1-2H3. The molecule has 0 spiro atoms. The highest BCUT2D eigenvalue weighted by Crippen LogP contribution is 2.39. The number of piperidine rings is 1. The second-order valence-electron chi connectivity index (χ2n) is 8.73. The van der Waals surface area contributed by atoms with Crippen LogP contribution in [0.4, 0.5) is 0 Å². The number of hydrogen-bond donors (Lipinski definition) is 0. The third kappa shape index (κ3) is 4.19. The highest BCUT2D eigenvalue weighted by Gasteiger charge is 2.46. The van der Waals surface area contributed by atoms with Gasteiger partial charge in [0.2, 0.25) is 11.8 Å². The van der Waals surface area contributed by atoms with Crippen molar-refractivity contribution in [2.45, 2.75) is 32.1 Å². The van der Waals surface area contributed by atoms with Crippen LogP contribution in [0, 0.1) is 11.3 Å². The third-order valence-electron chi connectivity index (χ3n) is 6.19. The fourth-order valence-electron chi connectivity index (χ4n) is 4.53. The van der Waals surface area contributed by atoms with Crippen molar-refractivity contribution in [1.82, 2.24) is 14.8 Å². The van der Waals surface area contributed by atoms with Gasteiger partial charge in [-0.3, -0.25) is 14.6 Å². The molecule has 1 atom stereocenters. The van der Waals surface area contributed by atoms with E-state index in [1.54, 1.807) is 17.3 Å². The van der Waals surface area contributed by atoms with E-state index in [1.165, 1.54) is 0 Å². The van der Waals surface area contributed by atoms with E-state index in [2.05, 4.69) is 29.2 Å². The molecular formula is C24H29N3O2. The number of pyridine rings is 1. The Morgan fingerprint density at radius 3 is 2.34 bits per heavy atom. The molecule has 2 amide bonds. The molecule has 1 saturated carbocycles. The van der Waals surface area contributed by atoms with E-state index in [1.807, 2.05) is 31.1 Å². The van der Waals surface area contributed by atoms with Gasteiger partial charge in [-0.05, 0) is 60.9 Å². The Hall–Kier alpha value is -2.69. The van der Waals surface area contributed by atoms with Crippen LogP contribution in [0.25, 0.3) is 11.1 Å². The van der Waals surface area contributed by atoms with Gasteiger partial charge in [-0.25, -0.2) is 0 Å². The quantitative estimate of drug-likeness (QED) is 0.785. The van der Waals surface area contributed by atoms with E-state index in [0.29, 0.717) is 13.0 Å². The minimum atomic E-state index is -0.537. The molecule has 0 bridgehead atoms. The predicted molar refractivity (Wildman–Crippen MR) is 113 cm³/mol. The van der Waals surface area contributed by atoms with Crippen molar-refractivity contribution in [3.8, 4) is 11.1 Å². The van der Waals surface area contributed by atoms with Crippen molar-refractivity contribution in [3.05, 3.63) is 54.4 Å². The number of rotatable bonds is 5. The Labute approximate surface area is 172 Å². The van der Waals surface area contributed by atoms with Gasteiger partial charge in [0, 0.05) is 45.5 Å². The second kappa shape index (κ2) is 7.97. The van der Waals surface area contributed by atoms with Gasteiger partial charge >= 0.3 is 0 Å². The molecule has 1 aromatic carbocycles. The lowest BCUT2D eigenvalue weighted by Crippen LogP contribution is -2.54. The largest absolute Gasteiger partial charge is 0.348 e. The van der Waals surface area contributed by atoms with Crippen LogP contribution >= 0.6 is 0 Å². The molecule has 152 valence electrons. The molecule has 4 rings (SSSR count). The van der Waals surface area contributed by atoms with Crippen molar-refractivity contribution in [2.24, 2.45) is 11.3 Å². The van der Waals surface area contributed by atoms with Gasteiger partial charge < -0.3 is 9.80 Å². The van der Waals surface area contributed by atoms with Gasteiger partial charge in [0.1, 0.15) is 0 Å². The maximum Gasteiger partial charge on any atom is 0.230 e. The Kier molecular flexibility index (Phi) is 5.39. The molecule has 5 heteroatoms. The summed E-state index contributed by atoms with van der Waals surface area (Å²) in [4.78, 5) is 33.7. The summed E-state index contributed by atoms with van der Waals surface area (Å²) in [5.41, 5.74) is 2.87. The molecule has 0 radical (unpaired) electrons. The highest BCUT2D eigenvalue weighted by atomic mass is 16.2. The molecule has 5 nitrogen and oxygen atoms in total. The smallest absolute Gasteiger partial charge is 0.230 e. The summed E-state index contributed by atoms with van der Waals surface area (Å²) < 4.78 is 0. The minimum Gasteiger partial charge on any atom is -0.348 e. The van der Waals surface area contributed by atoms with Gasteiger partial charge in [0.15, 0.2) is 0 Å². The number of nitrogens with zero attached hydrogens (tertiary/aromatic N) is 3. The summed E-state index contributed by atoms with van der Waals surface area (Å²) in [5, 5.41) is 0. The van der Waals surface area contributed by atoms with Crippen molar-refractivity contribution in [1.29, 1.82) is 0 Å². The number of hydrogen-bond acceptors (Lipinski definition) is 3. The number of carbonyl (C=O) groups excluding carboxylic acids is 2. The van der Waals surface area contributed by atoms with Crippen LogP contribution in [0.5, 0.6) is 0 Å². The monoisotopic (exact) mass is 391 g/mol. The first kappa shape index (κ1) is 19.6. The molecule has 1 aliphatic heterocycles. The predicted octanol–water partition coefficient (Wildman–Crippen LogP) is 3.40. The van der Waals surface area contributed by atoms with E-state index >= 15 is 0 Å². The van der Waals surface area contributed by atoms with Crippen LogP contribution in [-0.4, -0.2) is 53.8 Å². The molecule has 2 heterocycles. The van der Waals surface area contributed by atoms with Crippen molar-refractivity contribution in [3.63, 3.8) is 0 Å². The molecule has 0 N–H and O–H groups in total. The lowest BCUT2D eigenvalue weighted by atomic mass is 9.73. The highest BCUT2D eigenvalue weighted by molar-refractivity contribution is 5.86. The van der Waals surface area contributed by atoms with Crippen LogP contribution in [0.3, 0.4) is 0 Å². The van der Waals surface area contributed by atoms with Crippen LogP contribution in [-0.2, 0) is 16.0 Å². The molecule has 2 fully saturated rings. The summed E-state index contributed by atoms with van der Waals surface area (Å²) in [5.74, 6) is 0.567. The Morgan fingerprint density at radius 1 is 1.07 bits per heavy atom. The second-order valence-corrected chi connectivity index (χ2v) is 8.73. The molecule has 1 unspecified atom stereocenters.